The molecule has 0 aliphatic rings. The molecule has 0 atom stereocenters. The van der Waals surface area contributed by atoms with Gasteiger partial charge in [-0.05, 0) is 19.1 Å². The van der Waals surface area contributed by atoms with Gasteiger partial charge in [0.05, 0.1) is 28.4 Å². The summed E-state index contributed by atoms with van der Waals surface area (Å²) in [4.78, 5) is 4.18. The molecule has 0 aromatic carbocycles. The summed E-state index contributed by atoms with van der Waals surface area (Å²) in [7, 11) is 0. The van der Waals surface area contributed by atoms with Crippen molar-refractivity contribution >= 4 is 17.4 Å². The van der Waals surface area contributed by atoms with E-state index in [9.17, 15) is 0 Å². The normalized spacial score (nSPS) is 10.5. The van der Waals surface area contributed by atoms with Gasteiger partial charge in [0.25, 0.3) is 0 Å². The van der Waals surface area contributed by atoms with Gasteiger partial charge in [-0.15, -0.1) is 0 Å². The van der Waals surface area contributed by atoms with Gasteiger partial charge < -0.3 is 10.3 Å². The van der Waals surface area contributed by atoms with Crippen molar-refractivity contribution in [3.63, 3.8) is 0 Å². The quantitative estimate of drug-likeness (QED) is 0.805. The molecule has 0 unspecified atom stereocenters. The number of hydrogen-bond acceptors (Lipinski definition) is 5. The lowest BCUT2D eigenvalue weighted by molar-refractivity contribution is 0.391. The Balaban J connectivity index is 1.96. The number of nitrogens with two attached hydrogens (primary N) is 1. The number of aryl methyl sites for hydroxylation is 1. The first-order valence-corrected chi connectivity index (χ1v) is 5.49. The topological polar surface area (TPSA) is 64.9 Å². The Morgan fingerprint density at radius 1 is 1.47 bits per heavy atom. The van der Waals surface area contributed by atoms with E-state index in [4.69, 9.17) is 10.3 Å². The maximum atomic E-state index is 5.54. The average Bonchev–Trinajstić information content (AvgIpc) is 2.64. The van der Waals surface area contributed by atoms with Crippen LogP contribution in [0.2, 0.25) is 0 Å². The van der Waals surface area contributed by atoms with E-state index in [1.165, 1.54) is 0 Å². The lowest BCUT2D eigenvalue weighted by Crippen LogP contribution is -1.86. The van der Waals surface area contributed by atoms with Crippen molar-refractivity contribution < 1.29 is 4.52 Å². The van der Waals surface area contributed by atoms with Gasteiger partial charge in [0, 0.05) is 6.07 Å². The molecule has 0 saturated heterocycles. The van der Waals surface area contributed by atoms with Gasteiger partial charge in [-0.25, -0.2) is 4.98 Å². The summed E-state index contributed by atoms with van der Waals surface area (Å²) >= 11 is 1.60. The molecule has 0 aliphatic carbocycles. The minimum Gasteiger partial charge on any atom is -0.397 e. The Kier molecular flexibility index (Phi) is 2.91. The molecule has 0 bridgehead atoms. The number of nitrogen functional groups attached to an aromatic ring is 1. The monoisotopic (exact) mass is 221 g/mol. The molecule has 0 aliphatic heterocycles. The predicted molar refractivity (Wildman–Crippen MR) is 59.5 cm³/mol. The minimum absolute atomic E-state index is 0.676. The molecule has 5 heteroatoms. The van der Waals surface area contributed by atoms with Crippen LogP contribution in [0.5, 0.6) is 0 Å². The predicted octanol–water partition coefficient (Wildman–Crippen LogP) is 2.25. The number of aromatic nitrogens is 2. The van der Waals surface area contributed by atoms with Crippen molar-refractivity contribution in [1.29, 1.82) is 0 Å². The number of hydrogen-bond donors (Lipinski definition) is 1. The van der Waals surface area contributed by atoms with E-state index in [1.807, 2.05) is 25.1 Å². The molecule has 2 N–H and O–H groups in total. The second-order valence-corrected chi connectivity index (χ2v) is 4.15. The van der Waals surface area contributed by atoms with Crippen molar-refractivity contribution in [2.24, 2.45) is 0 Å². The third-order valence-corrected chi connectivity index (χ3v) is 2.76. The van der Waals surface area contributed by atoms with Crippen molar-refractivity contribution in [3.8, 4) is 0 Å². The Labute approximate surface area is 91.9 Å². The minimum atomic E-state index is 0.676. The molecular weight excluding hydrogens is 210 g/mol. The zero-order valence-corrected chi connectivity index (χ0v) is 9.12. The number of thioether (sulfide) groups is 1. The second kappa shape index (κ2) is 4.35. The number of pyridine rings is 1. The first kappa shape index (κ1) is 10.0. The lowest BCUT2D eigenvalue weighted by Gasteiger charge is -1.97. The molecule has 0 amide bonds. The van der Waals surface area contributed by atoms with Crippen molar-refractivity contribution in [2.75, 3.05) is 5.73 Å². The van der Waals surface area contributed by atoms with E-state index in [-0.39, 0.29) is 0 Å². The maximum absolute atomic E-state index is 5.54. The van der Waals surface area contributed by atoms with Gasteiger partial charge in [-0.3, -0.25) is 0 Å². The van der Waals surface area contributed by atoms with Crippen LogP contribution in [0.25, 0.3) is 0 Å². The van der Waals surface area contributed by atoms with Gasteiger partial charge in [0.1, 0.15) is 5.76 Å². The summed E-state index contributed by atoms with van der Waals surface area (Å²) in [6, 6.07) is 5.65. The Bertz CT molecular complexity index is 438. The van der Waals surface area contributed by atoms with E-state index in [0.717, 1.165) is 22.2 Å². The van der Waals surface area contributed by atoms with E-state index >= 15 is 0 Å². The Morgan fingerprint density at radius 3 is 2.93 bits per heavy atom. The van der Waals surface area contributed by atoms with Crippen LogP contribution in [-0.2, 0) is 5.75 Å². The van der Waals surface area contributed by atoms with Crippen LogP contribution in [0.3, 0.4) is 0 Å². The summed E-state index contributed by atoms with van der Waals surface area (Å²) in [5.41, 5.74) is 7.11. The van der Waals surface area contributed by atoms with Crippen LogP contribution in [0, 0.1) is 6.92 Å². The van der Waals surface area contributed by atoms with Crippen molar-refractivity contribution in [2.45, 2.75) is 17.7 Å². The molecule has 15 heavy (non-hydrogen) atoms. The first-order chi connectivity index (χ1) is 7.24. The second-order valence-electron chi connectivity index (χ2n) is 3.15. The Morgan fingerprint density at radius 2 is 2.33 bits per heavy atom. The van der Waals surface area contributed by atoms with Crippen LogP contribution < -0.4 is 5.73 Å². The fourth-order valence-corrected chi connectivity index (χ4v) is 1.82. The van der Waals surface area contributed by atoms with Gasteiger partial charge in [0.2, 0.25) is 0 Å². The summed E-state index contributed by atoms with van der Waals surface area (Å²) in [5.74, 6) is 1.59. The van der Waals surface area contributed by atoms with Crippen LogP contribution in [0.4, 0.5) is 5.69 Å². The van der Waals surface area contributed by atoms with Crippen LogP contribution in [-0.4, -0.2) is 10.1 Å². The standard InChI is InChI=1S/C10H11N3OS/c1-7-4-9(14-13-7)6-15-10-3-2-8(11)5-12-10/h2-5H,6,11H2,1H3. The molecule has 2 heterocycles. The fourth-order valence-electron chi connectivity index (χ4n) is 1.11. The molecule has 78 valence electrons. The lowest BCUT2D eigenvalue weighted by atomic mass is 10.4. The molecule has 2 aromatic heterocycles. The first-order valence-electron chi connectivity index (χ1n) is 4.50. The number of rotatable bonds is 3. The SMILES string of the molecule is Cc1cc(CSc2ccc(N)cn2)on1. The average molecular weight is 221 g/mol. The van der Waals surface area contributed by atoms with E-state index < -0.39 is 0 Å². The highest BCUT2D eigenvalue weighted by Crippen LogP contribution is 2.21. The van der Waals surface area contributed by atoms with Gasteiger partial charge >= 0.3 is 0 Å². The summed E-state index contributed by atoms with van der Waals surface area (Å²) in [6.07, 6.45) is 1.65. The molecule has 0 spiro atoms. The smallest absolute Gasteiger partial charge is 0.147 e. The van der Waals surface area contributed by atoms with E-state index in [0.29, 0.717) is 5.69 Å². The largest absolute Gasteiger partial charge is 0.397 e. The molecule has 0 saturated carbocycles. The highest BCUT2D eigenvalue weighted by molar-refractivity contribution is 7.98. The molecule has 4 nitrogen and oxygen atoms in total. The van der Waals surface area contributed by atoms with Gasteiger partial charge in [-0.2, -0.15) is 0 Å². The van der Waals surface area contributed by atoms with Crippen LogP contribution >= 0.6 is 11.8 Å². The third-order valence-electron chi connectivity index (χ3n) is 1.80. The summed E-state index contributed by atoms with van der Waals surface area (Å²) in [5, 5.41) is 4.74. The molecule has 0 fully saturated rings. The van der Waals surface area contributed by atoms with E-state index in [1.54, 1.807) is 18.0 Å². The summed E-state index contributed by atoms with van der Waals surface area (Å²) < 4.78 is 5.09. The van der Waals surface area contributed by atoms with Crippen molar-refractivity contribution in [1.82, 2.24) is 10.1 Å². The highest BCUT2D eigenvalue weighted by Gasteiger charge is 2.02. The highest BCUT2D eigenvalue weighted by atomic mass is 32.2. The molecule has 0 radical (unpaired) electrons. The molecular formula is C10H11N3OS. The maximum Gasteiger partial charge on any atom is 0.147 e. The zero-order valence-electron chi connectivity index (χ0n) is 8.30. The van der Waals surface area contributed by atoms with Gasteiger partial charge in [-0.1, -0.05) is 16.9 Å². The van der Waals surface area contributed by atoms with Gasteiger partial charge in [0.15, 0.2) is 0 Å². The summed E-state index contributed by atoms with van der Waals surface area (Å²) in [6.45, 7) is 1.90. The van der Waals surface area contributed by atoms with Crippen LogP contribution in [0.15, 0.2) is 33.9 Å². The molecule has 2 rings (SSSR count). The fraction of sp³-hybridized carbons (Fsp3) is 0.200. The molecule has 2 aromatic rings. The number of nitrogens with zero attached hydrogens (tertiary/aromatic N) is 2. The van der Waals surface area contributed by atoms with Crippen LogP contribution in [0.1, 0.15) is 11.5 Å². The van der Waals surface area contributed by atoms with Crippen molar-refractivity contribution in [3.05, 3.63) is 35.9 Å². The van der Waals surface area contributed by atoms with E-state index in [2.05, 4.69) is 10.1 Å². The third kappa shape index (κ3) is 2.73. The Hall–Kier alpha value is -1.49. The zero-order chi connectivity index (χ0) is 10.7. The number of anilines is 1.